The van der Waals surface area contributed by atoms with Crippen molar-refractivity contribution in [2.45, 2.75) is 34.6 Å². The van der Waals surface area contributed by atoms with Gasteiger partial charge in [-0.25, -0.2) is 13.1 Å². The minimum atomic E-state index is -4.38. The number of alkyl halides is 3. The first-order valence-corrected chi connectivity index (χ1v) is 9.62. The van der Waals surface area contributed by atoms with Crippen LogP contribution in [0.4, 0.5) is 13.2 Å². The Morgan fingerprint density at radius 3 is 2.46 bits per heavy atom. The highest BCUT2D eigenvalue weighted by atomic mass is 35.5. The monoisotopic (exact) mass is 404 g/mol. The molecule has 1 aliphatic heterocycles. The number of piperidine rings is 1. The molecule has 0 radical (unpaired) electrons. The molecule has 0 spiro atoms. The Labute approximate surface area is 150 Å². The number of hydrogen-bond donors (Lipinski definition) is 2. The summed E-state index contributed by atoms with van der Waals surface area (Å²) in [7, 11) is -3.68. The van der Waals surface area contributed by atoms with E-state index in [1.807, 2.05) is 0 Å². The molecule has 0 saturated carbocycles. The Morgan fingerprint density at radius 2 is 1.92 bits per heavy atom. The van der Waals surface area contributed by atoms with E-state index in [1.165, 1.54) is 12.1 Å². The Balaban J connectivity index is 0.00000288. The fourth-order valence-corrected chi connectivity index (χ4v) is 4.06. The summed E-state index contributed by atoms with van der Waals surface area (Å²) >= 11 is -0.265. The van der Waals surface area contributed by atoms with Gasteiger partial charge >= 0.3 is 5.51 Å². The molecule has 138 valence electrons. The lowest BCUT2D eigenvalue weighted by Crippen LogP contribution is -2.33. The molecular formula is C14H20ClF3N2O2S2. The predicted octanol–water partition coefficient (Wildman–Crippen LogP) is 3.39. The Hall–Kier alpha value is -0.480. The zero-order chi connectivity index (χ0) is 16.9. The average Bonchev–Trinajstić information content (AvgIpc) is 2.47. The Morgan fingerprint density at radius 1 is 1.25 bits per heavy atom. The van der Waals surface area contributed by atoms with Crippen molar-refractivity contribution in [3.63, 3.8) is 0 Å². The number of hydrogen-bond acceptors (Lipinski definition) is 4. The highest BCUT2D eigenvalue weighted by Gasteiger charge is 2.29. The van der Waals surface area contributed by atoms with Crippen LogP contribution in [0.25, 0.3) is 0 Å². The molecule has 0 aromatic heterocycles. The van der Waals surface area contributed by atoms with Crippen LogP contribution in [-0.4, -0.2) is 33.6 Å². The molecule has 10 heteroatoms. The summed E-state index contributed by atoms with van der Waals surface area (Å²) in [6.07, 6.45) is 2.92. The van der Waals surface area contributed by atoms with Crippen LogP contribution in [0.3, 0.4) is 0 Å². The number of sulfonamides is 1. The molecule has 2 N–H and O–H groups in total. The molecule has 0 amide bonds. The molecule has 1 saturated heterocycles. The molecule has 1 aliphatic rings. The van der Waals surface area contributed by atoms with E-state index < -0.39 is 15.5 Å². The fourth-order valence-electron chi connectivity index (χ4n) is 2.47. The van der Waals surface area contributed by atoms with Crippen LogP contribution in [0.5, 0.6) is 0 Å². The van der Waals surface area contributed by atoms with Crippen molar-refractivity contribution in [3.05, 3.63) is 24.3 Å². The lowest BCUT2D eigenvalue weighted by molar-refractivity contribution is -0.0328. The van der Waals surface area contributed by atoms with Gasteiger partial charge in [-0.2, -0.15) is 13.2 Å². The van der Waals surface area contributed by atoms with E-state index in [0.717, 1.165) is 44.5 Å². The molecular weight excluding hydrogens is 385 g/mol. The summed E-state index contributed by atoms with van der Waals surface area (Å²) in [4.78, 5) is -0.0597. The maximum atomic E-state index is 12.2. The Bertz CT molecular complexity index is 603. The number of benzene rings is 1. The standard InChI is InChI=1S/C14H19F3N2O2S2.ClH/c15-14(16,17)22-12-3-5-13(6-4-12)23(20,21)19-9-7-11-2-1-8-18-10-11;/h3-6,11,18-19H,1-2,7-10H2;1H. The minimum absolute atomic E-state index is 0. The first-order valence-electron chi connectivity index (χ1n) is 7.32. The molecule has 24 heavy (non-hydrogen) atoms. The van der Waals surface area contributed by atoms with Gasteiger partial charge in [-0.15, -0.1) is 12.4 Å². The molecule has 4 nitrogen and oxygen atoms in total. The van der Waals surface area contributed by atoms with Crippen LogP contribution in [0, 0.1) is 5.92 Å². The Kier molecular flexibility index (Phi) is 8.34. The average molecular weight is 405 g/mol. The number of thioether (sulfide) groups is 1. The fraction of sp³-hybridized carbons (Fsp3) is 0.571. The molecule has 0 aliphatic carbocycles. The second kappa shape index (κ2) is 9.28. The van der Waals surface area contributed by atoms with E-state index in [4.69, 9.17) is 0 Å². The van der Waals surface area contributed by atoms with Crippen LogP contribution >= 0.6 is 24.2 Å². The molecule has 1 aromatic rings. The second-order valence-corrected chi connectivity index (χ2v) is 8.32. The zero-order valence-corrected chi connectivity index (χ0v) is 15.3. The maximum Gasteiger partial charge on any atom is 0.446 e. The summed E-state index contributed by atoms with van der Waals surface area (Å²) < 4.78 is 63.5. The maximum absolute atomic E-state index is 12.2. The lowest BCUT2D eigenvalue weighted by atomic mass is 9.96. The zero-order valence-electron chi connectivity index (χ0n) is 12.8. The van der Waals surface area contributed by atoms with Crippen LogP contribution in [-0.2, 0) is 10.0 Å². The van der Waals surface area contributed by atoms with Crippen LogP contribution in [0.1, 0.15) is 19.3 Å². The second-order valence-electron chi connectivity index (χ2n) is 5.42. The molecule has 1 aromatic carbocycles. The van der Waals surface area contributed by atoms with Crippen molar-refractivity contribution in [3.8, 4) is 0 Å². The minimum Gasteiger partial charge on any atom is -0.316 e. The molecule has 1 heterocycles. The van der Waals surface area contributed by atoms with Crippen molar-refractivity contribution in [2.75, 3.05) is 19.6 Å². The van der Waals surface area contributed by atoms with Gasteiger partial charge in [0.25, 0.3) is 0 Å². The number of nitrogens with one attached hydrogen (secondary N) is 2. The third kappa shape index (κ3) is 7.18. The SMILES string of the molecule is Cl.O=S(=O)(NCCC1CCCNC1)c1ccc(SC(F)(F)F)cc1. The van der Waals surface area contributed by atoms with E-state index in [1.54, 1.807) is 0 Å². The lowest BCUT2D eigenvalue weighted by Gasteiger charge is -2.22. The van der Waals surface area contributed by atoms with Gasteiger partial charge in [0.2, 0.25) is 10.0 Å². The summed E-state index contributed by atoms with van der Waals surface area (Å²) in [5.41, 5.74) is -4.38. The summed E-state index contributed by atoms with van der Waals surface area (Å²) in [5.74, 6) is 0.456. The van der Waals surface area contributed by atoms with Crippen LogP contribution in [0.15, 0.2) is 34.1 Å². The number of halogens is 4. The molecule has 2 rings (SSSR count). The summed E-state index contributed by atoms with van der Waals surface area (Å²) in [5, 5.41) is 3.27. The van der Waals surface area contributed by atoms with Gasteiger partial charge in [-0.05, 0) is 74.3 Å². The van der Waals surface area contributed by atoms with Crippen molar-refractivity contribution in [2.24, 2.45) is 5.92 Å². The van der Waals surface area contributed by atoms with Crippen molar-refractivity contribution in [1.82, 2.24) is 10.0 Å². The number of rotatable bonds is 6. The smallest absolute Gasteiger partial charge is 0.316 e. The van der Waals surface area contributed by atoms with Gasteiger partial charge in [0.15, 0.2) is 0 Å². The van der Waals surface area contributed by atoms with Gasteiger partial charge in [-0.1, -0.05) is 0 Å². The normalized spacial score (nSPS) is 18.9. The van der Waals surface area contributed by atoms with Gasteiger partial charge in [0.05, 0.1) is 4.90 Å². The van der Waals surface area contributed by atoms with Crippen molar-refractivity contribution in [1.29, 1.82) is 0 Å². The highest BCUT2D eigenvalue weighted by molar-refractivity contribution is 8.00. The highest BCUT2D eigenvalue weighted by Crippen LogP contribution is 2.36. The van der Waals surface area contributed by atoms with E-state index >= 15 is 0 Å². The first-order chi connectivity index (χ1) is 10.8. The van der Waals surface area contributed by atoms with Crippen molar-refractivity contribution >= 4 is 34.2 Å². The summed E-state index contributed by atoms with van der Waals surface area (Å²) in [6.45, 7) is 2.23. The van der Waals surface area contributed by atoms with E-state index in [2.05, 4.69) is 10.0 Å². The van der Waals surface area contributed by atoms with Crippen LogP contribution < -0.4 is 10.0 Å². The van der Waals surface area contributed by atoms with Crippen LogP contribution in [0.2, 0.25) is 0 Å². The van der Waals surface area contributed by atoms with Gasteiger partial charge in [0, 0.05) is 11.4 Å². The van der Waals surface area contributed by atoms with Gasteiger partial charge in [0.1, 0.15) is 0 Å². The summed E-state index contributed by atoms with van der Waals surface area (Å²) in [6, 6.07) is 4.71. The van der Waals surface area contributed by atoms with E-state index in [9.17, 15) is 21.6 Å². The molecule has 1 atom stereocenters. The van der Waals surface area contributed by atoms with E-state index in [-0.39, 0.29) is 34.0 Å². The quantitative estimate of drug-likeness (QED) is 0.713. The third-order valence-corrected chi connectivity index (χ3v) is 5.83. The van der Waals surface area contributed by atoms with Gasteiger partial charge in [-0.3, -0.25) is 0 Å². The molecule has 1 fully saturated rings. The topological polar surface area (TPSA) is 58.2 Å². The third-order valence-electron chi connectivity index (χ3n) is 3.61. The van der Waals surface area contributed by atoms with E-state index in [0.29, 0.717) is 12.5 Å². The first kappa shape index (κ1) is 21.6. The largest absolute Gasteiger partial charge is 0.446 e. The molecule has 1 unspecified atom stereocenters. The predicted molar refractivity (Wildman–Crippen MR) is 91.0 cm³/mol. The molecule has 0 bridgehead atoms. The van der Waals surface area contributed by atoms with Gasteiger partial charge < -0.3 is 5.32 Å². The van der Waals surface area contributed by atoms with Crippen molar-refractivity contribution < 1.29 is 21.6 Å².